The lowest BCUT2D eigenvalue weighted by Gasteiger charge is -2.13. The Morgan fingerprint density at radius 3 is 2.70 bits per heavy atom. The Kier molecular flexibility index (Phi) is 5.03. The zero-order chi connectivity index (χ0) is 7.98. The van der Waals surface area contributed by atoms with E-state index < -0.39 is 0 Å². The molecule has 0 unspecified atom stereocenters. The lowest BCUT2D eigenvalue weighted by molar-refractivity contribution is -0.118. The number of carbonyl (C=O) groups is 1. The highest BCUT2D eigenvalue weighted by molar-refractivity contribution is 6.04. The molecule has 0 aliphatic heterocycles. The molecule has 0 heterocycles. The van der Waals surface area contributed by atoms with Gasteiger partial charge in [-0.05, 0) is 6.54 Å². The first-order valence-electron chi connectivity index (χ1n) is 3.59. The van der Waals surface area contributed by atoms with Crippen LogP contribution in [0.3, 0.4) is 0 Å². The molecule has 0 aliphatic carbocycles. The van der Waals surface area contributed by atoms with Gasteiger partial charge >= 0.3 is 0 Å². The molecule has 3 nitrogen and oxygen atoms in total. The van der Waals surface area contributed by atoms with E-state index in [-0.39, 0.29) is 5.91 Å². The Bertz CT molecular complexity index is 108. The molecule has 1 N–H and O–H groups in total. The SMILES string of the molecule is BN(CC)CCNC(C)=O. The summed E-state index contributed by atoms with van der Waals surface area (Å²) in [4.78, 5) is 12.5. The van der Waals surface area contributed by atoms with E-state index in [2.05, 4.69) is 17.1 Å². The maximum absolute atomic E-state index is 10.4. The Hall–Kier alpha value is -0.505. The highest BCUT2D eigenvalue weighted by Gasteiger charge is 1.93. The predicted molar refractivity (Wildman–Crippen MR) is 44.5 cm³/mol. The third kappa shape index (κ3) is 5.63. The van der Waals surface area contributed by atoms with Gasteiger partial charge in [0.15, 0.2) is 7.98 Å². The molecule has 0 bridgehead atoms. The number of nitrogens with one attached hydrogen (secondary N) is 1. The van der Waals surface area contributed by atoms with Crippen LogP contribution in [0.5, 0.6) is 0 Å². The summed E-state index contributed by atoms with van der Waals surface area (Å²) in [6.07, 6.45) is 0. The summed E-state index contributed by atoms with van der Waals surface area (Å²) < 4.78 is 0. The van der Waals surface area contributed by atoms with E-state index in [9.17, 15) is 4.79 Å². The molecule has 4 heteroatoms. The number of nitrogens with zero attached hydrogens (tertiary/aromatic N) is 1. The average Bonchev–Trinajstić information content (AvgIpc) is 1.87. The van der Waals surface area contributed by atoms with Gasteiger partial charge in [0.25, 0.3) is 0 Å². The number of hydrogen-bond donors (Lipinski definition) is 1. The van der Waals surface area contributed by atoms with Gasteiger partial charge in [-0.2, -0.15) is 0 Å². The number of carbonyl (C=O) groups excluding carboxylic acids is 1. The van der Waals surface area contributed by atoms with Crippen LogP contribution in [-0.2, 0) is 4.79 Å². The smallest absolute Gasteiger partial charge is 0.216 e. The second-order valence-corrected chi connectivity index (χ2v) is 2.38. The molecule has 0 aromatic carbocycles. The summed E-state index contributed by atoms with van der Waals surface area (Å²) >= 11 is 0. The number of amides is 1. The fourth-order valence-corrected chi connectivity index (χ4v) is 0.581. The third-order valence-electron chi connectivity index (χ3n) is 1.41. The van der Waals surface area contributed by atoms with Gasteiger partial charge in [0.1, 0.15) is 0 Å². The molecule has 0 rings (SSSR count). The van der Waals surface area contributed by atoms with Crippen molar-refractivity contribution in [3.8, 4) is 0 Å². The second-order valence-electron chi connectivity index (χ2n) is 2.38. The van der Waals surface area contributed by atoms with Crippen molar-refractivity contribution >= 4 is 13.9 Å². The first-order valence-corrected chi connectivity index (χ1v) is 3.59. The van der Waals surface area contributed by atoms with Gasteiger partial charge in [-0.15, -0.1) is 0 Å². The van der Waals surface area contributed by atoms with Crippen molar-refractivity contribution in [2.75, 3.05) is 19.6 Å². The van der Waals surface area contributed by atoms with E-state index >= 15 is 0 Å². The van der Waals surface area contributed by atoms with Crippen molar-refractivity contribution in [3.63, 3.8) is 0 Å². The monoisotopic (exact) mass is 142 g/mol. The van der Waals surface area contributed by atoms with Crippen molar-refractivity contribution in [1.29, 1.82) is 0 Å². The molecule has 0 aromatic rings. The van der Waals surface area contributed by atoms with Gasteiger partial charge in [-0.3, -0.25) is 4.79 Å². The highest BCUT2D eigenvalue weighted by Crippen LogP contribution is 1.75. The molecule has 10 heavy (non-hydrogen) atoms. The molecule has 0 atom stereocenters. The normalized spacial score (nSPS) is 9.90. The second kappa shape index (κ2) is 5.29. The van der Waals surface area contributed by atoms with Crippen LogP contribution in [0, 0.1) is 0 Å². The van der Waals surface area contributed by atoms with Gasteiger partial charge in [0.2, 0.25) is 5.91 Å². The molecule has 0 radical (unpaired) electrons. The molecule has 0 aromatic heterocycles. The van der Waals surface area contributed by atoms with Gasteiger partial charge in [0.05, 0.1) is 0 Å². The lowest BCUT2D eigenvalue weighted by Crippen LogP contribution is -2.32. The fraction of sp³-hybridized carbons (Fsp3) is 0.833. The molecule has 0 saturated heterocycles. The van der Waals surface area contributed by atoms with Crippen LogP contribution in [0.1, 0.15) is 13.8 Å². The van der Waals surface area contributed by atoms with Crippen LogP contribution in [0.15, 0.2) is 0 Å². The van der Waals surface area contributed by atoms with Crippen LogP contribution in [0.4, 0.5) is 0 Å². The van der Waals surface area contributed by atoms with Crippen molar-refractivity contribution in [3.05, 3.63) is 0 Å². The number of hydrogen-bond acceptors (Lipinski definition) is 2. The van der Waals surface area contributed by atoms with E-state index in [0.717, 1.165) is 19.6 Å². The summed E-state index contributed by atoms with van der Waals surface area (Å²) in [5, 5.41) is 2.73. The van der Waals surface area contributed by atoms with Gasteiger partial charge in [-0.25, -0.2) is 0 Å². The van der Waals surface area contributed by atoms with E-state index in [0.29, 0.717) is 0 Å². The molecule has 0 aliphatic rings. The summed E-state index contributed by atoms with van der Waals surface area (Å²) in [6.45, 7) is 6.33. The van der Waals surface area contributed by atoms with Gasteiger partial charge in [0, 0.05) is 20.0 Å². The molecular weight excluding hydrogens is 127 g/mol. The van der Waals surface area contributed by atoms with Crippen molar-refractivity contribution in [2.24, 2.45) is 0 Å². The van der Waals surface area contributed by atoms with E-state index in [1.807, 2.05) is 7.98 Å². The Morgan fingerprint density at radius 2 is 2.30 bits per heavy atom. The van der Waals surface area contributed by atoms with Crippen LogP contribution in [0.2, 0.25) is 0 Å². The molecule has 0 spiro atoms. The van der Waals surface area contributed by atoms with Crippen molar-refractivity contribution in [1.82, 2.24) is 10.1 Å². The molecule has 1 amide bonds. The zero-order valence-electron chi connectivity index (χ0n) is 6.98. The maximum atomic E-state index is 10.4. The summed E-state index contributed by atoms with van der Waals surface area (Å²) in [5.74, 6) is 0.0458. The first kappa shape index (κ1) is 9.49. The van der Waals surface area contributed by atoms with Crippen LogP contribution < -0.4 is 5.32 Å². The number of likely N-dealkylation sites (N-methyl/N-ethyl adjacent to an activating group) is 1. The minimum Gasteiger partial charge on any atom is -0.355 e. The van der Waals surface area contributed by atoms with E-state index in [4.69, 9.17) is 0 Å². The molecule has 0 fully saturated rings. The Balaban J connectivity index is 3.11. The molecular formula is C6H15BN2O. The van der Waals surface area contributed by atoms with Crippen LogP contribution >= 0.6 is 0 Å². The summed E-state index contributed by atoms with van der Waals surface area (Å²) in [6, 6.07) is 0. The lowest BCUT2D eigenvalue weighted by atomic mass is 10.3. The van der Waals surface area contributed by atoms with Crippen molar-refractivity contribution < 1.29 is 4.79 Å². The van der Waals surface area contributed by atoms with Crippen LogP contribution in [-0.4, -0.2) is 38.3 Å². The van der Waals surface area contributed by atoms with Crippen LogP contribution in [0.25, 0.3) is 0 Å². The minimum absolute atomic E-state index is 0.0458. The average molecular weight is 142 g/mol. The van der Waals surface area contributed by atoms with E-state index in [1.54, 1.807) is 0 Å². The summed E-state index contributed by atoms with van der Waals surface area (Å²) in [5.41, 5.74) is 0. The number of rotatable bonds is 4. The first-order chi connectivity index (χ1) is 4.66. The zero-order valence-corrected chi connectivity index (χ0v) is 6.98. The van der Waals surface area contributed by atoms with Gasteiger partial charge in [-0.1, -0.05) is 6.92 Å². The fourth-order valence-electron chi connectivity index (χ4n) is 0.581. The maximum Gasteiger partial charge on any atom is 0.216 e. The van der Waals surface area contributed by atoms with Gasteiger partial charge < -0.3 is 10.1 Å². The Labute approximate surface area is 63.2 Å². The standard InChI is InChI=1S/C6H15BN2O/c1-3-9(7)5-4-8-6(2)10/h3-5,7H2,1-2H3,(H,8,10). The molecule has 58 valence electrons. The molecule has 0 saturated carbocycles. The largest absolute Gasteiger partial charge is 0.355 e. The van der Waals surface area contributed by atoms with E-state index in [1.165, 1.54) is 6.92 Å². The summed E-state index contributed by atoms with van der Waals surface area (Å²) in [7, 11) is 2.03. The topological polar surface area (TPSA) is 32.3 Å². The van der Waals surface area contributed by atoms with Crippen molar-refractivity contribution in [2.45, 2.75) is 13.8 Å². The minimum atomic E-state index is 0.0458. The Morgan fingerprint density at radius 1 is 1.70 bits per heavy atom. The quantitative estimate of drug-likeness (QED) is 0.510. The predicted octanol–water partition coefficient (Wildman–Crippen LogP) is -1.01. The third-order valence-corrected chi connectivity index (χ3v) is 1.41. The highest BCUT2D eigenvalue weighted by atomic mass is 16.1.